The molecule has 2 aromatic rings. The lowest BCUT2D eigenvalue weighted by molar-refractivity contribution is 0.102. The van der Waals surface area contributed by atoms with Gasteiger partial charge in [-0.1, -0.05) is 29.2 Å². The zero-order valence-electron chi connectivity index (χ0n) is 14.5. The van der Waals surface area contributed by atoms with E-state index in [0.29, 0.717) is 22.9 Å². The van der Waals surface area contributed by atoms with E-state index in [2.05, 4.69) is 22.1 Å². The van der Waals surface area contributed by atoms with Gasteiger partial charge in [0.15, 0.2) is 4.34 Å². The number of rotatable bonds is 9. The summed E-state index contributed by atoms with van der Waals surface area (Å²) in [6.07, 6.45) is 1.77. The Bertz CT molecular complexity index is 863. The van der Waals surface area contributed by atoms with Crippen molar-refractivity contribution in [3.8, 4) is 0 Å². The molecule has 0 unspecified atom stereocenters. The Kier molecular flexibility index (Phi) is 7.18. The van der Waals surface area contributed by atoms with E-state index < -0.39 is 10.0 Å². The maximum atomic E-state index is 12.3. The molecule has 0 saturated heterocycles. The molecular formula is C16H20N4O3S3. The van der Waals surface area contributed by atoms with Crippen molar-refractivity contribution in [2.75, 3.05) is 27.7 Å². The Morgan fingerprint density at radius 1 is 1.31 bits per heavy atom. The summed E-state index contributed by atoms with van der Waals surface area (Å²) < 4.78 is 26.3. The molecule has 0 spiro atoms. The molecule has 1 aromatic carbocycles. The summed E-state index contributed by atoms with van der Waals surface area (Å²) in [6.45, 7) is 7.34. The number of aromatic nitrogens is 2. The monoisotopic (exact) mass is 412 g/mol. The second-order valence-corrected chi connectivity index (χ2v) is 9.47. The van der Waals surface area contributed by atoms with Crippen molar-refractivity contribution in [2.24, 2.45) is 0 Å². The zero-order valence-corrected chi connectivity index (χ0v) is 17.0. The molecule has 1 heterocycles. The molecule has 0 aliphatic heterocycles. The number of sulfonamides is 1. The van der Waals surface area contributed by atoms with Gasteiger partial charge in [-0.25, -0.2) is 8.42 Å². The number of anilines is 2. The topological polar surface area (TPSA) is 92.3 Å². The second kappa shape index (κ2) is 9.15. The lowest BCUT2D eigenvalue weighted by Crippen LogP contribution is -2.32. The molecule has 0 saturated carbocycles. The van der Waals surface area contributed by atoms with Crippen LogP contribution < -0.4 is 9.62 Å². The quantitative estimate of drug-likeness (QED) is 0.386. The van der Waals surface area contributed by atoms with Gasteiger partial charge in [0.1, 0.15) is 0 Å². The van der Waals surface area contributed by atoms with Crippen molar-refractivity contribution in [1.29, 1.82) is 0 Å². The van der Waals surface area contributed by atoms with E-state index in [1.165, 1.54) is 27.4 Å². The van der Waals surface area contributed by atoms with Crippen molar-refractivity contribution < 1.29 is 13.2 Å². The first-order valence-corrected chi connectivity index (χ1v) is 11.3. The molecule has 10 heteroatoms. The normalized spacial score (nSPS) is 11.2. The zero-order chi connectivity index (χ0) is 19.2. The minimum atomic E-state index is -3.34. The fourth-order valence-corrected chi connectivity index (χ4v) is 4.75. The minimum Gasteiger partial charge on any atom is -0.296 e. The summed E-state index contributed by atoms with van der Waals surface area (Å²) in [5, 5.41) is 11.0. The van der Waals surface area contributed by atoms with Crippen molar-refractivity contribution in [1.82, 2.24) is 10.2 Å². The van der Waals surface area contributed by atoms with Gasteiger partial charge in [-0.15, -0.1) is 16.8 Å². The van der Waals surface area contributed by atoms with Gasteiger partial charge in [-0.3, -0.25) is 14.4 Å². The third kappa shape index (κ3) is 5.05. The van der Waals surface area contributed by atoms with Crippen LogP contribution in [-0.4, -0.2) is 42.6 Å². The predicted molar refractivity (Wildman–Crippen MR) is 108 cm³/mol. The largest absolute Gasteiger partial charge is 0.296 e. The van der Waals surface area contributed by atoms with E-state index in [1.54, 1.807) is 44.2 Å². The van der Waals surface area contributed by atoms with Crippen LogP contribution in [-0.2, 0) is 10.0 Å². The van der Waals surface area contributed by atoms with Crippen LogP contribution in [0.5, 0.6) is 0 Å². The third-order valence-corrected chi connectivity index (χ3v) is 7.19. The SMILES string of the molecule is C=CCSc1nnc(NC(=O)c2ccc(N(CC)S(=O)(=O)CC)cc2)s1. The molecule has 1 N–H and O–H groups in total. The Morgan fingerprint density at radius 3 is 2.58 bits per heavy atom. The Balaban J connectivity index is 2.08. The smallest absolute Gasteiger partial charge is 0.257 e. The molecule has 140 valence electrons. The van der Waals surface area contributed by atoms with Gasteiger partial charge in [0.2, 0.25) is 15.2 Å². The molecule has 2 rings (SSSR count). The first-order valence-electron chi connectivity index (χ1n) is 7.90. The second-order valence-electron chi connectivity index (χ2n) is 5.04. The average molecular weight is 413 g/mol. The molecular weight excluding hydrogens is 392 g/mol. The molecule has 1 aromatic heterocycles. The fraction of sp³-hybridized carbons (Fsp3) is 0.312. The number of amides is 1. The highest BCUT2D eigenvalue weighted by Gasteiger charge is 2.19. The molecule has 0 radical (unpaired) electrons. The number of nitrogens with zero attached hydrogens (tertiary/aromatic N) is 3. The van der Waals surface area contributed by atoms with E-state index in [4.69, 9.17) is 0 Å². The van der Waals surface area contributed by atoms with E-state index in [0.717, 1.165) is 10.1 Å². The number of hydrogen-bond acceptors (Lipinski definition) is 7. The van der Waals surface area contributed by atoms with E-state index >= 15 is 0 Å². The number of benzene rings is 1. The first-order chi connectivity index (χ1) is 12.4. The predicted octanol–water partition coefficient (Wildman–Crippen LogP) is 3.24. The number of hydrogen-bond donors (Lipinski definition) is 1. The van der Waals surface area contributed by atoms with Crippen LogP contribution in [0.25, 0.3) is 0 Å². The lowest BCUT2D eigenvalue weighted by atomic mass is 10.2. The Labute approximate surface area is 161 Å². The molecule has 0 aliphatic rings. The molecule has 7 nitrogen and oxygen atoms in total. The van der Waals surface area contributed by atoms with E-state index in [9.17, 15) is 13.2 Å². The summed E-state index contributed by atoms with van der Waals surface area (Å²) in [4.78, 5) is 12.3. The van der Waals surface area contributed by atoms with Gasteiger partial charge in [-0.2, -0.15) is 0 Å². The number of thioether (sulfide) groups is 1. The highest BCUT2D eigenvalue weighted by atomic mass is 32.2. The van der Waals surface area contributed by atoms with E-state index in [-0.39, 0.29) is 11.7 Å². The minimum absolute atomic E-state index is 0.0202. The van der Waals surface area contributed by atoms with Gasteiger partial charge in [0.05, 0.1) is 11.4 Å². The number of carbonyl (C=O) groups excluding carboxylic acids is 1. The molecule has 26 heavy (non-hydrogen) atoms. The highest BCUT2D eigenvalue weighted by molar-refractivity contribution is 8.01. The van der Waals surface area contributed by atoms with Crippen molar-refractivity contribution in [3.63, 3.8) is 0 Å². The molecule has 0 bridgehead atoms. The van der Waals surface area contributed by atoms with Gasteiger partial charge >= 0.3 is 0 Å². The van der Waals surface area contributed by atoms with Crippen LogP contribution >= 0.6 is 23.1 Å². The van der Waals surface area contributed by atoms with Crippen LogP contribution in [0.2, 0.25) is 0 Å². The molecule has 1 amide bonds. The third-order valence-electron chi connectivity index (χ3n) is 3.36. The summed E-state index contributed by atoms with van der Waals surface area (Å²) in [6, 6.07) is 6.42. The Hall–Kier alpha value is -1.91. The van der Waals surface area contributed by atoms with Crippen molar-refractivity contribution in [3.05, 3.63) is 42.5 Å². The van der Waals surface area contributed by atoms with Gasteiger partial charge in [0, 0.05) is 17.9 Å². The molecule has 0 atom stereocenters. The maximum absolute atomic E-state index is 12.3. The fourth-order valence-electron chi connectivity index (χ4n) is 2.09. The van der Waals surface area contributed by atoms with Crippen molar-refractivity contribution in [2.45, 2.75) is 18.2 Å². The van der Waals surface area contributed by atoms with Gasteiger partial charge in [0.25, 0.3) is 5.91 Å². The van der Waals surface area contributed by atoms with Crippen molar-refractivity contribution >= 4 is 49.8 Å². The molecule has 0 fully saturated rings. The van der Waals surface area contributed by atoms with Gasteiger partial charge < -0.3 is 0 Å². The number of nitrogens with one attached hydrogen (secondary N) is 1. The summed E-state index contributed by atoms with van der Waals surface area (Å²) in [5.41, 5.74) is 0.944. The van der Waals surface area contributed by atoms with Crippen LogP contribution in [0.4, 0.5) is 10.8 Å². The highest BCUT2D eigenvalue weighted by Crippen LogP contribution is 2.26. The van der Waals surface area contributed by atoms with E-state index in [1.807, 2.05) is 0 Å². The number of carbonyl (C=O) groups is 1. The van der Waals surface area contributed by atoms with Gasteiger partial charge in [-0.05, 0) is 38.1 Å². The summed E-state index contributed by atoms with van der Waals surface area (Å²) >= 11 is 2.78. The summed E-state index contributed by atoms with van der Waals surface area (Å²) in [5.74, 6) is 0.416. The standard InChI is InChI=1S/C16H20N4O3S3/c1-4-11-24-16-19-18-15(25-16)17-14(21)12-7-9-13(10-8-12)20(5-2)26(22,23)6-3/h4,7-10H,1,5-6,11H2,2-3H3,(H,17,18,21). The summed E-state index contributed by atoms with van der Waals surface area (Å²) in [7, 11) is -3.34. The van der Waals surface area contributed by atoms with Crippen LogP contribution in [0.1, 0.15) is 24.2 Å². The van der Waals surface area contributed by atoms with Crippen LogP contribution in [0.15, 0.2) is 41.3 Å². The maximum Gasteiger partial charge on any atom is 0.257 e. The first kappa shape index (κ1) is 20.4. The lowest BCUT2D eigenvalue weighted by Gasteiger charge is -2.22. The Morgan fingerprint density at radius 2 is 2.00 bits per heavy atom. The average Bonchev–Trinajstić information content (AvgIpc) is 3.08. The molecule has 0 aliphatic carbocycles. The van der Waals surface area contributed by atoms with Crippen LogP contribution in [0, 0.1) is 0 Å². The van der Waals surface area contributed by atoms with Crippen LogP contribution in [0.3, 0.4) is 0 Å².